The molecule has 0 radical (unpaired) electrons. The number of carbonyl (C=O) groups excluding carboxylic acids is 1. The van der Waals surface area contributed by atoms with Gasteiger partial charge in [-0.25, -0.2) is 4.98 Å². The minimum absolute atomic E-state index is 0.0489. The molecule has 3 N–H and O–H groups in total. The van der Waals surface area contributed by atoms with Gasteiger partial charge in [0.25, 0.3) is 0 Å². The first-order valence-electron chi connectivity index (χ1n) is 5.90. The van der Waals surface area contributed by atoms with Crippen LogP contribution >= 0.6 is 11.3 Å². The van der Waals surface area contributed by atoms with Gasteiger partial charge in [0.2, 0.25) is 5.91 Å². The van der Waals surface area contributed by atoms with Crippen molar-refractivity contribution in [1.82, 2.24) is 4.98 Å². The molecule has 1 amide bonds. The highest BCUT2D eigenvalue weighted by Gasteiger charge is 2.30. The number of nitrogens with two attached hydrogens (primary N) is 1. The SMILES string of the molecule is CCC(C)(CN)C(=O)Nc1nc(C(C)C)cs1. The van der Waals surface area contributed by atoms with E-state index in [0.29, 0.717) is 17.6 Å². The van der Waals surface area contributed by atoms with Crippen LogP contribution in [0.15, 0.2) is 5.38 Å². The first-order chi connectivity index (χ1) is 7.92. The van der Waals surface area contributed by atoms with Crippen molar-refractivity contribution in [2.24, 2.45) is 11.1 Å². The van der Waals surface area contributed by atoms with Gasteiger partial charge in [0, 0.05) is 11.9 Å². The highest BCUT2D eigenvalue weighted by atomic mass is 32.1. The van der Waals surface area contributed by atoms with Crippen LogP contribution in [0.5, 0.6) is 0 Å². The second-order valence-corrected chi connectivity index (χ2v) is 5.66. The molecule has 1 atom stereocenters. The summed E-state index contributed by atoms with van der Waals surface area (Å²) in [6.07, 6.45) is 0.720. The Morgan fingerprint density at radius 2 is 2.29 bits per heavy atom. The maximum absolute atomic E-state index is 12.1. The fraction of sp³-hybridized carbons (Fsp3) is 0.667. The number of hydrogen-bond donors (Lipinski definition) is 2. The molecule has 1 unspecified atom stereocenters. The van der Waals surface area contributed by atoms with Crippen LogP contribution in [-0.2, 0) is 4.79 Å². The molecule has 96 valence electrons. The molecule has 1 heterocycles. The average molecular weight is 255 g/mol. The van der Waals surface area contributed by atoms with Crippen LogP contribution in [0.4, 0.5) is 5.13 Å². The quantitative estimate of drug-likeness (QED) is 0.849. The standard InChI is InChI=1S/C12H21N3OS/c1-5-12(4,7-13)10(16)15-11-14-9(6-17-11)8(2)3/h6,8H,5,7,13H2,1-4H3,(H,14,15,16). The largest absolute Gasteiger partial charge is 0.329 e. The molecule has 17 heavy (non-hydrogen) atoms. The molecule has 5 heteroatoms. The highest BCUT2D eigenvalue weighted by molar-refractivity contribution is 7.13. The predicted molar refractivity (Wildman–Crippen MR) is 72.3 cm³/mol. The van der Waals surface area contributed by atoms with Crippen molar-refractivity contribution >= 4 is 22.4 Å². The Morgan fingerprint density at radius 1 is 1.65 bits per heavy atom. The summed E-state index contributed by atoms with van der Waals surface area (Å²) in [4.78, 5) is 16.4. The van der Waals surface area contributed by atoms with Gasteiger partial charge in [-0.2, -0.15) is 0 Å². The smallest absolute Gasteiger partial charge is 0.233 e. The number of nitrogens with one attached hydrogen (secondary N) is 1. The lowest BCUT2D eigenvalue weighted by Crippen LogP contribution is -2.39. The van der Waals surface area contributed by atoms with Crippen molar-refractivity contribution in [2.75, 3.05) is 11.9 Å². The van der Waals surface area contributed by atoms with E-state index in [1.54, 1.807) is 0 Å². The summed E-state index contributed by atoms with van der Waals surface area (Å²) in [5.41, 5.74) is 6.15. The molecule has 0 aliphatic carbocycles. The lowest BCUT2D eigenvalue weighted by Gasteiger charge is -2.24. The first-order valence-corrected chi connectivity index (χ1v) is 6.78. The number of carbonyl (C=O) groups is 1. The Kier molecular flexibility index (Phi) is 4.65. The van der Waals surface area contributed by atoms with Crippen LogP contribution in [0.2, 0.25) is 0 Å². The number of rotatable bonds is 5. The zero-order valence-electron chi connectivity index (χ0n) is 10.9. The third-order valence-corrected chi connectivity index (χ3v) is 3.89. The maximum atomic E-state index is 12.1. The van der Waals surface area contributed by atoms with Gasteiger partial charge in [0.05, 0.1) is 11.1 Å². The number of thiazole rings is 1. The zero-order chi connectivity index (χ0) is 13.1. The molecule has 0 aromatic carbocycles. The van der Waals surface area contributed by atoms with E-state index in [9.17, 15) is 4.79 Å². The van der Waals surface area contributed by atoms with E-state index < -0.39 is 5.41 Å². The third-order valence-electron chi connectivity index (χ3n) is 3.11. The van der Waals surface area contributed by atoms with E-state index in [1.807, 2.05) is 19.2 Å². The van der Waals surface area contributed by atoms with Crippen LogP contribution < -0.4 is 11.1 Å². The first kappa shape index (κ1) is 14.1. The Morgan fingerprint density at radius 3 is 2.71 bits per heavy atom. The second kappa shape index (κ2) is 5.60. The monoisotopic (exact) mass is 255 g/mol. The molecule has 0 aliphatic rings. The van der Waals surface area contributed by atoms with Gasteiger partial charge in [-0.05, 0) is 19.3 Å². The fourth-order valence-electron chi connectivity index (χ4n) is 1.25. The maximum Gasteiger partial charge on any atom is 0.233 e. The molecule has 0 bridgehead atoms. The van der Waals surface area contributed by atoms with Gasteiger partial charge >= 0.3 is 0 Å². The molecule has 1 aromatic heterocycles. The van der Waals surface area contributed by atoms with E-state index in [0.717, 1.165) is 12.1 Å². The number of anilines is 1. The number of amides is 1. The van der Waals surface area contributed by atoms with Crippen LogP contribution in [0.25, 0.3) is 0 Å². The van der Waals surface area contributed by atoms with Crippen molar-refractivity contribution in [2.45, 2.75) is 40.0 Å². The minimum Gasteiger partial charge on any atom is -0.329 e. The fourth-order valence-corrected chi connectivity index (χ4v) is 2.12. The predicted octanol–water partition coefficient (Wildman–Crippen LogP) is 2.58. The van der Waals surface area contributed by atoms with Gasteiger partial charge < -0.3 is 11.1 Å². The van der Waals surface area contributed by atoms with Crippen LogP contribution in [-0.4, -0.2) is 17.4 Å². The van der Waals surface area contributed by atoms with Crippen LogP contribution in [0.3, 0.4) is 0 Å². The highest BCUT2D eigenvalue weighted by Crippen LogP contribution is 2.25. The van der Waals surface area contributed by atoms with E-state index in [-0.39, 0.29) is 5.91 Å². The number of aromatic nitrogens is 1. The Balaban J connectivity index is 2.74. The summed E-state index contributed by atoms with van der Waals surface area (Å²) in [7, 11) is 0. The second-order valence-electron chi connectivity index (χ2n) is 4.80. The summed E-state index contributed by atoms with van der Waals surface area (Å²) in [5, 5.41) is 5.49. The molecule has 0 saturated heterocycles. The normalized spacial score (nSPS) is 14.7. The topological polar surface area (TPSA) is 68.0 Å². The molecular weight excluding hydrogens is 234 g/mol. The lowest BCUT2D eigenvalue weighted by molar-refractivity contribution is -0.124. The molecule has 1 aromatic rings. The summed E-state index contributed by atoms with van der Waals surface area (Å²) in [6, 6.07) is 0. The molecular formula is C12H21N3OS. The lowest BCUT2D eigenvalue weighted by atomic mass is 9.87. The van der Waals surface area contributed by atoms with Gasteiger partial charge in [-0.15, -0.1) is 11.3 Å². The average Bonchev–Trinajstić information content (AvgIpc) is 2.76. The molecule has 0 aliphatic heterocycles. The third kappa shape index (κ3) is 3.26. The molecule has 0 saturated carbocycles. The van der Waals surface area contributed by atoms with Crippen molar-refractivity contribution in [3.05, 3.63) is 11.1 Å². The summed E-state index contributed by atoms with van der Waals surface area (Å²) in [6.45, 7) is 8.35. The van der Waals surface area contributed by atoms with Crippen LogP contribution in [0.1, 0.15) is 45.7 Å². The molecule has 1 rings (SSSR count). The van der Waals surface area contributed by atoms with E-state index in [4.69, 9.17) is 5.73 Å². The minimum atomic E-state index is -0.510. The van der Waals surface area contributed by atoms with Crippen LogP contribution in [0, 0.1) is 5.41 Å². The van der Waals surface area contributed by atoms with Gasteiger partial charge in [0.15, 0.2) is 5.13 Å². The summed E-state index contributed by atoms with van der Waals surface area (Å²) >= 11 is 1.46. The van der Waals surface area contributed by atoms with Gasteiger partial charge in [0.1, 0.15) is 0 Å². The van der Waals surface area contributed by atoms with E-state index >= 15 is 0 Å². The Labute approximate surface area is 107 Å². The number of hydrogen-bond acceptors (Lipinski definition) is 4. The molecule has 4 nitrogen and oxygen atoms in total. The van der Waals surface area contributed by atoms with Gasteiger partial charge in [-0.1, -0.05) is 20.8 Å². The van der Waals surface area contributed by atoms with Crippen molar-refractivity contribution in [3.63, 3.8) is 0 Å². The Bertz CT molecular complexity index is 383. The van der Waals surface area contributed by atoms with Crippen molar-refractivity contribution in [3.8, 4) is 0 Å². The summed E-state index contributed by atoms with van der Waals surface area (Å²) < 4.78 is 0. The number of nitrogens with zero attached hydrogens (tertiary/aromatic N) is 1. The van der Waals surface area contributed by atoms with Crippen molar-refractivity contribution in [1.29, 1.82) is 0 Å². The van der Waals surface area contributed by atoms with Gasteiger partial charge in [-0.3, -0.25) is 4.79 Å². The zero-order valence-corrected chi connectivity index (χ0v) is 11.7. The van der Waals surface area contributed by atoms with Crippen molar-refractivity contribution < 1.29 is 4.79 Å². The molecule has 0 fully saturated rings. The summed E-state index contributed by atoms with van der Waals surface area (Å²) in [5.74, 6) is 0.330. The Hall–Kier alpha value is -0.940. The van der Waals surface area contributed by atoms with E-state index in [1.165, 1.54) is 11.3 Å². The molecule has 0 spiro atoms. The van der Waals surface area contributed by atoms with E-state index in [2.05, 4.69) is 24.1 Å².